The Balaban J connectivity index is 1.60. The number of aryl methyl sites for hydroxylation is 1. The van der Waals surface area contributed by atoms with E-state index in [1.54, 1.807) is 18.3 Å². The molecule has 158 valence electrons. The van der Waals surface area contributed by atoms with Crippen molar-refractivity contribution in [2.45, 2.75) is 41.6 Å². The summed E-state index contributed by atoms with van der Waals surface area (Å²) in [5.41, 5.74) is 1.83. The molecule has 0 spiro atoms. The lowest BCUT2D eigenvalue weighted by atomic mass is 9.97. The van der Waals surface area contributed by atoms with E-state index in [1.807, 2.05) is 43.3 Å². The molecule has 0 aliphatic carbocycles. The van der Waals surface area contributed by atoms with Crippen molar-refractivity contribution in [3.63, 3.8) is 0 Å². The van der Waals surface area contributed by atoms with Crippen molar-refractivity contribution < 1.29 is 20.1 Å². The first-order valence-electron chi connectivity index (χ1n) is 9.50. The molecule has 2 heterocycles. The molecular formula is C21H22ClN3O4S. The van der Waals surface area contributed by atoms with Crippen molar-refractivity contribution >= 4 is 23.4 Å². The molecule has 4 rings (SSSR count). The van der Waals surface area contributed by atoms with Crippen molar-refractivity contribution in [2.75, 3.05) is 6.61 Å². The topological polar surface area (TPSA) is 101 Å². The Hall–Kier alpha value is -1.94. The highest BCUT2D eigenvalue weighted by Gasteiger charge is 2.46. The van der Waals surface area contributed by atoms with Gasteiger partial charge >= 0.3 is 0 Å². The number of hydrogen-bond donors (Lipinski definition) is 3. The molecular weight excluding hydrogens is 426 g/mol. The molecule has 7 nitrogen and oxygen atoms in total. The van der Waals surface area contributed by atoms with E-state index >= 15 is 0 Å². The van der Waals surface area contributed by atoms with Crippen molar-refractivity contribution in [3.05, 3.63) is 65.3 Å². The number of hydrogen-bond acceptors (Lipinski definition) is 7. The van der Waals surface area contributed by atoms with Gasteiger partial charge in [0.25, 0.3) is 0 Å². The van der Waals surface area contributed by atoms with Crippen LogP contribution in [0.4, 0.5) is 0 Å². The second kappa shape index (κ2) is 9.05. The van der Waals surface area contributed by atoms with Crippen LogP contribution in [-0.2, 0) is 4.74 Å². The summed E-state index contributed by atoms with van der Waals surface area (Å²) in [6.07, 6.45) is -1.42. The van der Waals surface area contributed by atoms with Gasteiger partial charge in [-0.2, -0.15) is 0 Å². The van der Waals surface area contributed by atoms with Gasteiger partial charge in [0.2, 0.25) is 0 Å². The molecule has 1 saturated heterocycles. The standard InChI is InChI=1S/C21H22ClN3O4S/c1-12-2-8-15(9-3-12)30-21-20(28)18(19(27)17(11-26)29-21)25-10-16(23-24-25)13-4-6-14(22)7-5-13/h2-10,17-21,26-28H,11H2,1H3/t17-,18+,19+,20-,21+/m1/s1. The minimum Gasteiger partial charge on any atom is -0.394 e. The van der Waals surface area contributed by atoms with Crippen LogP contribution in [-0.4, -0.2) is 60.7 Å². The van der Waals surface area contributed by atoms with Crippen LogP contribution in [0.3, 0.4) is 0 Å². The summed E-state index contributed by atoms with van der Waals surface area (Å²) in [5.74, 6) is 0. The normalized spacial score (nSPS) is 26.6. The first kappa shape index (κ1) is 21.3. The van der Waals surface area contributed by atoms with E-state index in [4.69, 9.17) is 16.3 Å². The molecule has 1 aromatic heterocycles. The summed E-state index contributed by atoms with van der Waals surface area (Å²) in [6, 6.07) is 14.2. The second-order valence-electron chi connectivity index (χ2n) is 7.22. The molecule has 3 N–H and O–H groups in total. The molecule has 0 saturated carbocycles. The molecule has 0 bridgehead atoms. The molecule has 5 atom stereocenters. The third kappa shape index (κ3) is 4.39. The van der Waals surface area contributed by atoms with E-state index in [0.29, 0.717) is 10.7 Å². The van der Waals surface area contributed by atoms with Crippen LogP contribution in [0, 0.1) is 6.92 Å². The highest BCUT2D eigenvalue weighted by molar-refractivity contribution is 7.99. The van der Waals surface area contributed by atoms with Gasteiger partial charge in [-0.05, 0) is 31.2 Å². The number of nitrogens with zero attached hydrogens (tertiary/aromatic N) is 3. The summed E-state index contributed by atoms with van der Waals surface area (Å²) in [6.45, 7) is 1.62. The maximum atomic E-state index is 11.0. The molecule has 30 heavy (non-hydrogen) atoms. The van der Waals surface area contributed by atoms with Gasteiger partial charge < -0.3 is 20.1 Å². The molecule has 0 radical (unpaired) electrons. The fourth-order valence-electron chi connectivity index (χ4n) is 3.40. The van der Waals surface area contributed by atoms with Crippen LogP contribution in [0.2, 0.25) is 5.02 Å². The average Bonchev–Trinajstić information content (AvgIpc) is 3.22. The van der Waals surface area contributed by atoms with Gasteiger partial charge in [-0.15, -0.1) is 5.10 Å². The van der Waals surface area contributed by atoms with Gasteiger partial charge in [0.05, 0.1) is 12.8 Å². The SMILES string of the molecule is Cc1ccc(S[C@@H]2O[C@H](CO)[C@H](O)[C@H](n3cc(-c4ccc(Cl)cc4)nn3)[C@H]2O)cc1. The van der Waals surface area contributed by atoms with Crippen molar-refractivity contribution in [2.24, 2.45) is 0 Å². The summed E-state index contributed by atoms with van der Waals surface area (Å²) < 4.78 is 7.23. The van der Waals surface area contributed by atoms with Gasteiger partial charge in [-0.25, -0.2) is 4.68 Å². The third-order valence-electron chi connectivity index (χ3n) is 5.08. The number of halogens is 1. The largest absolute Gasteiger partial charge is 0.394 e. The number of ether oxygens (including phenoxy) is 1. The lowest BCUT2D eigenvalue weighted by Crippen LogP contribution is -2.55. The van der Waals surface area contributed by atoms with E-state index in [0.717, 1.165) is 16.0 Å². The first-order chi connectivity index (χ1) is 14.5. The molecule has 0 amide bonds. The van der Waals surface area contributed by atoms with Crippen molar-refractivity contribution in [1.29, 1.82) is 0 Å². The van der Waals surface area contributed by atoms with Crippen molar-refractivity contribution in [1.82, 2.24) is 15.0 Å². The molecule has 9 heteroatoms. The number of aliphatic hydroxyl groups is 3. The van der Waals surface area contributed by atoms with Gasteiger partial charge in [0.1, 0.15) is 35.5 Å². The van der Waals surface area contributed by atoms with E-state index in [2.05, 4.69) is 10.3 Å². The fourth-order valence-corrected chi connectivity index (χ4v) is 4.59. The maximum absolute atomic E-state index is 11.0. The molecule has 1 fully saturated rings. The van der Waals surface area contributed by atoms with Gasteiger partial charge in [0.15, 0.2) is 0 Å². The minimum absolute atomic E-state index is 0.381. The van der Waals surface area contributed by atoms with E-state index in [9.17, 15) is 15.3 Å². The monoisotopic (exact) mass is 447 g/mol. The van der Waals surface area contributed by atoms with E-state index in [1.165, 1.54) is 16.4 Å². The van der Waals surface area contributed by atoms with Crippen LogP contribution < -0.4 is 0 Å². The Morgan fingerprint density at radius 2 is 1.77 bits per heavy atom. The Morgan fingerprint density at radius 3 is 2.43 bits per heavy atom. The van der Waals surface area contributed by atoms with Crippen LogP contribution >= 0.6 is 23.4 Å². The summed E-state index contributed by atoms with van der Waals surface area (Å²) in [7, 11) is 0. The molecule has 1 aliphatic heterocycles. The minimum atomic E-state index is -1.15. The zero-order valence-corrected chi connectivity index (χ0v) is 17.7. The predicted molar refractivity (Wildman–Crippen MR) is 114 cm³/mol. The number of rotatable bonds is 5. The van der Waals surface area contributed by atoms with Gasteiger partial charge in [-0.1, -0.05) is 58.4 Å². The highest BCUT2D eigenvalue weighted by Crippen LogP contribution is 2.38. The Kier molecular flexibility index (Phi) is 6.43. The summed E-state index contributed by atoms with van der Waals surface area (Å²) in [5, 5.41) is 40.4. The molecule has 0 unspecified atom stereocenters. The van der Waals surface area contributed by atoms with Crippen molar-refractivity contribution in [3.8, 4) is 11.3 Å². The maximum Gasteiger partial charge on any atom is 0.136 e. The number of benzene rings is 2. The Labute approximate surface area is 183 Å². The summed E-state index contributed by atoms with van der Waals surface area (Å²) in [4.78, 5) is 0.914. The van der Waals surface area contributed by atoms with Gasteiger partial charge in [-0.3, -0.25) is 0 Å². The lowest BCUT2D eigenvalue weighted by molar-refractivity contribution is -0.178. The quantitative estimate of drug-likeness (QED) is 0.552. The molecule has 3 aromatic rings. The lowest BCUT2D eigenvalue weighted by Gasteiger charge is -2.41. The van der Waals surface area contributed by atoms with Crippen LogP contribution in [0.5, 0.6) is 0 Å². The van der Waals surface area contributed by atoms with E-state index in [-0.39, 0.29) is 6.61 Å². The number of aliphatic hydroxyl groups excluding tert-OH is 3. The zero-order chi connectivity index (χ0) is 21.3. The molecule has 1 aliphatic rings. The Bertz CT molecular complexity index is 983. The average molecular weight is 448 g/mol. The first-order valence-corrected chi connectivity index (χ1v) is 10.8. The smallest absolute Gasteiger partial charge is 0.136 e. The highest BCUT2D eigenvalue weighted by atomic mass is 35.5. The van der Waals surface area contributed by atoms with Crippen LogP contribution in [0.25, 0.3) is 11.3 Å². The number of thioether (sulfide) groups is 1. The van der Waals surface area contributed by atoms with Crippen LogP contribution in [0.15, 0.2) is 59.6 Å². The Morgan fingerprint density at radius 1 is 1.07 bits per heavy atom. The number of aromatic nitrogens is 3. The van der Waals surface area contributed by atoms with E-state index < -0.39 is 29.8 Å². The third-order valence-corrected chi connectivity index (χ3v) is 6.50. The second-order valence-corrected chi connectivity index (χ2v) is 8.83. The van der Waals surface area contributed by atoms with Gasteiger partial charge in [0, 0.05) is 15.5 Å². The fraction of sp³-hybridized carbons (Fsp3) is 0.333. The van der Waals surface area contributed by atoms with Crippen LogP contribution in [0.1, 0.15) is 11.6 Å². The predicted octanol–water partition coefficient (Wildman–Crippen LogP) is 2.68. The summed E-state index contributed by atoms with van der Waals surface area (Å²) >= 11 is 7.28. The zero-order valence-electron chi connectivity index (χ0n) is 16.2. The molecule has 2 aromatic carbocycles.